The van der Waals surface area contributed by atoms with Gasteiger partial charge in [-0.1, -0.05) is 32.0 Å². The van der Waals surface area contributed by atoms with Crippen LogP contribution in [0.25, 0.3) is 10.9 Å². The Morgan fingerprint density at radius 1 is 1.21 bits per heavy atom. The fourth-order valence-corrected chi connectivity index (χ4v) is 2.85. The molecule has 0 atom stereocenters. The van der Waals surface area contributed by atoms with Gasteiger partial charge in [-0.15, -0.1) is 11.8 Å². The van der Waals surface area contributed by atoms with Crippen molar-refractivity contribution in [1.82, 2.24) is 9.97 Å². The molecular weight excluding hydrogens is 254 g/mol. The number of hydrogen-bond acceptors (Lipinski definition) is 4. The molecule has 0 fully saturated rings. The van der Waals surface area contributed by atoms with Gasteiger partial charge in [0, 0.05) is 5.39 Å². The molecule has 0 saturated carbocycles. The number of thioether (sulfide) groups is 1. The van der Waals surface area contributed by atoms with Gasteiger partial charge in [0.1, 0.15) is 11.4 Å². The number of rotatable bonds is 6. The van der Waals surface area contributed by atoms with Crippen LogP contribution in [0.4, 0.5) is 0 Å². The predicted molar refractivity (Wildman–Crippen MR) is 82.3 cm³/mol. The first-order chi connectivity index (χ1) is 9.12. The standard InChI is InChI=1S/C15H21N3S/c1-15(2,10-16)8-5-9-19-14-12-6-3-4-7-13(12)17-11-18-14/h3-4,6-7,11H,5,8-10,16H2,1-2H3. The third-order valence-electron chi connectivity index (χ3n) is 3.30. The molecule has 1 aromatic carbocycles. The quantitative estimate of drug-likeness (QED) is 0.498. The largest absolute Gasteiger partial charge is 0.330 e. The highest BCUT2D eigenvalue weighted by Crippen LogP contribution is 2.27. The second-order valence-corrected chi connectivity index (χ2v) is 6.60. The minimum absolute atomic E-state index is 0.244. The maximum atomic E-state index is 5.75. The van der Waals surface area contributed by atoms with E-state index >= 15 is 0 Å². The lowest BCUT2D eigenvalue weighted by Crippen LogP contribution is -2.23. The Kier molecular flexibility index (Phi) is 4.77. The van der Waals surface area contributed by atoms with Crippen molar-refractivity contribution in [1.29, 1.82) is 0 Å². The van der Waals surface area contributed by atoms with E-state index in [1.165, 1.54) is 0 Å². The smallest absolute Gasteiger partial charge is 0.117 e. The van der Waals surface area contributed by atoms with Crippen LogP contribution in [0.15, 0.2) is 35.6 Å². The van der Waals surface area contributed by atoms with Gasteiger partial charge in [-0.05, 0) is 36.6 Å². The molecule has 102 valence electrons. The second kappa shape index (κ2) is 6.35. The van der Waals surface area contributed by atoms with Crippen LogP contribution in [0, 0.1) is 5.41 Å². The Bertz CT molecular complexity index is 534. The molecule has 0 bridgehead atoms. The predicted octanol–water partition coefficient (Wildman–Crippen LogP) is 3.49. The molecule has 0 radical (unpaired) electrons. The molecule has 2 rings (SSSR count). The van der Waals surface area contributed by atoms with Crippen molar-refractivity contribution in [2.45, 2.75) is 31.7 Å². The maximum Gasteiger partial charge on any atom is 0.117 e. The molecule has 0 aliphatic rings. The van der Waals surface area contributed by atoms with Crippen LogP contribution in [-0.2, 0) is 0 Å². The van der Waals surface area contributed by atoms with E-state index in [2.05, 4.69) is 29.9 Å². The first-order valence-electron chi connectivity index (χ1n) is 6.65. The summed E-state index contributed by atoms with van der Waals surface area (Å²) in [6.45, 7) is 5.18. The van der Waals surface area contributed by atoms with Gasteiger partial charge in [-0.2, -0.15) is 0 Å². The van der Waals surface area contributed by atoms with Crippen molar-refractivity contribution < 1.29 is 0 Å². The topological polar surface area (TPSA) is 51.8 Å². The van der Waals surface area contributed by atoms with Crippen LogP contribution in [-0.4, -0.2) is 22.3 Å². The van der Waals surface area contributed by atoms with Gasteiger partial charge < -0.3 is 5.73 Å². The van der Waals surface area contributed by atoms with Gasteiger partial charge in [-0.25, -0.2) is 9.97 Å². The molecule has 3 nitrogen and oxygen atoms in total. The molecule has 1 heterocycles. The van der Waals surface area contributed by atoms with E-state index in [4.69, 9.17) is 5.73 Å². The minimum atomic E-state index is 0.244. The zero-order valence-corrected chi connectivity index (χ0v) is 12.4. The van der Waals surface area contributed by atoms with Gasteiger partial charge in [0.25, 0.3) is 0 Å². The number of nitrogens with zero attached hydrogens (tertiary/aromatic N) is 2. The van der Waals surface area contributed by atoms with Gasteiger partial charge in [0.15, 0.2) is 0 Å². The van der Waals surface area contributed by atoms with Crippen molar-refractivity contribution in [2.24, 2.45) is 11.1 Å². The van der Waals surface area contributed by atoms with Crippen LogP contribution >= 0.6 is 11.8 Å². The molecule has 0 aliphatic carbocycles. The lowest BCUT2D eigenvalue weighted by Gasteiger charge is -2.21. The van der Waals surface area contributed by atoms with Gasteiger partial charge in [-0.3, -0.25) is 0 Å². The molecule has 19 heavy (non-hydrogen) atoms. The van der Waals surface area contributed by atoms with Crippen LogP contribution in [0.2, 0.25) is 0 Å². The Morgan fingerprint density at radius 3 is 2.79 bits per heavy atom. The first kappa shape index (κ1) is 14.3. The minimum Gasteiger partial charge on any atom is -0.330 e. The third kappa shape index (κ3) is 3.91. The van der Waals surface area contributed by atoms with E-state index in [0.717, 1.165) is 41.1 Å². The van der Waals surface area contributed by atoms with Gasteiger partial charge >= 0.3 is 0 Å². The highest BCUT2D eigenvalue weighted by atomic mass is 32.2. The zero-order chi connectivity index (χ0) is 13.7. The van der Waals surface area contributed by atoms with Crippen LogP contribution < -0.4 is 5.73 Å². The summed E-state index contributed by atoms with van der Waals surface area (Å²) in [5.74, 6) is 1.07. The van der Waals surface area contributed by atoms with Gasteiger partial charge in [0.05, 0.1) is 5.52 Å². The van der Waals surface area contributed by atoms with Crippen molar-refractivity contribution in [3.05, 3.63) is 30.6 Å². The molecule has 1 aromatic heterocycles. The summed E-state index contributed by atoms with van der Waals surface area (Å²) in [4.78, 5) is 8.67. The molecule has 2 aromatic rings. The number of fused-ring (bicyclic) bond motifs is 1. The first-order valence-corrected chi connectivity index (χ1v) is 7.63. The number of nitrogens with two attached hydrogens (primary N) is 1. The van der Waals surface area contributed by atoms with Crippen LogP contribution in [0.3, 0.4) is 0 Å². The van der Waals surface area contributed by atoms with Crippen molar-refractivity contribution in [2.75, 3.05) is 12.3 Å². The molecule has 0 unspecified atom stereocenters. The number of para-hydroxylation sites is 1. The molecule has 4 heteroatoms. The summed E-state index contributed by atoms with van der Waals surface area (Å²) < 4.78 is 0. The molecule has 0 aliphatic heterocycles. The third-order valence-corrected chi connectivity index (χ3v) is 4.39. The number of benzene rings is 1. The second-order valence-electron chi connectivity index (χ2n) is 5.52. The zero-order valence-electron chi connectivity index (χ0n) is 11.6. The summed E-state index contributed by atoms with van der Waals surface area (Å²) in [5.41, 5.74) is 7.01. The average Bonchev–Trinajstić information content (AvgIpc) is 2.44. The Hall–Kier alpha value is -1.13. The summed E-state index contributed by atoms with van der Waals surface area (Å²) in [5, 5.41) is 2.23. The maximum absolute atomic E-state index is 5.75. The fraction of sp³-hybridized carbons (Fsp3) is 0.467. The molecule has 2 N–H and O–H groups in total. The summed E-state index contributed by atoms with van der Waals surface area (Å²) in [7, 11) is 0. The van der Waals surface area contributed by atoms with Gasteiger partial charge in [0.2, 0.25) is 0 Å². The highest BCUT2D eigenvalue weighted by Gasteiger charge is 2.14. The van der Waals surface area contributed by atoms with Crippen molar-refractivity contribution in [3.63, 3.8) is 0 Å². The van der Waals surface area contributed by atoms with E-state index in [1.54, 1.807) is 6.33 Å². The lowest BCUT2D eigenvalue weighted by atomic mass is 9.88. The van der Waals surface area contributed by atoms with Crippen LogP contribution in [0.5, 0.6) is 0 Å². The van der Waals surface area contributed by atoms with E-state index in [9.17, 15) is 0 Å². The highest BCUT2D eigenvalue weighted by molar-refractivity contribution is 7.99. The average molecular weight is 275 g/mol. The lowest BCUT2D eigenvalue weighted by molar-refractivity contribution is 0.345. The van der Waals surface area contributed by atoms with E-state index in [1.807, 2.05) is 30.0 Å². The normalized spacial score (nSPS) is 11.9. The molecular formula is C15H21N3S. The van der Waals surface area contributed by atoms with E-state index in [0.29, 0.717) is 0 Å². The summed E-state index contributed by atoms with van der Waals surface area (Å²) >= 11 is 1.81. The Labute approximate surface area is 119 Å². The SMILES string of the molecule is CC(C)(CN)CCCSc1ncnc2ccccc12. The number of aromatic nitrogens is 2. The Morgan fingerprint density at radius 2 is 2.00 bits per heavy atom. The summed E-state index contributed by atoms with van der Waals surface area (Å²) in [6, 6.07) is 8.15. The molecule has 0 amide bonds. The fourth-order valence-electron chi connectivity index (χ4n) is 1.92. The van der Waals surface area contributed by atoms with E-state index < -0.39 is 0 Å². The van der Waals surface area contributed by atoms with Crippen molar-refractivity contribution >= 4 is 22.7 Å². The Balaban J connectivity index is 1.95. The monoisotopic (exact) mass is 275 g/mol. The molecule has 0 spiro atoms. The van der Waals surface area contributed by atoms with Crippen LogP contribution in [0.1, 0.15) is 26.7 Å². The van der Waals surface area contributed by atoms with E-state index in [-0.39, 0.29) is 5.41 Å². The summed E-state index contributed by atoms with van der Waals surface area (Å²) in [6.07, 6.45) is 3.96. The number of hydrogen-bond donors (Lipinski definition) is 1. The van der Waals surface area contributed by atoms with Crippen molar-refractivity contribution in [3.8, 4) is 0 Å². The molecule has 0 saturated heterocycles.